The van der Waals surface area contributed by atoms with Crippen molar-refractivity contribution in [3.8, 4) is 0 Å². The van der Waals surface area contributed by atoms with E-state index in [9.17, 15) is 24.9 Å². The van der Waals surface area contributed by atoms with Gasteiger partial charge in [0.1, 0.15) is 11.9 Å². The van der Waals surface area contributed by atoms with E-state index in [1.807, 2.05) is 20.8 Å². The maximum Gasteiger partial charge on any atom is 0.331 e. The van der Waals surface area contributed by atoms with Gasteiger partial charge < -0.3 is 20.1 Å². The molecule has 0 saturated heterocycles. The molecule has 0 spiro atoms. The predicted molar refractivity (Wildman–Crippen MR) is 144 cm³/mol. The van der Waals surface area contributed by atoms with Gasteiger partial charge in [-0.1, -0.05) is 64.5 Å². The lowest BCUT2D eigenvalue weighted by Crippen LogP contribution is -2.36. The van der Waals surface area contributed by atoms with Gasteiger partial charge in [0.25, 0.3) is 0 Å². The van der Waals surface area contributed by atoms with Gasteiger partial charge in [-0.15, -0.1) is 0 Å². The van der Waals surface area contributed by atoms with Gasteiger partial charge >= 0.3 is 5.97 Å². The molecule has 6 nitrogen and oxygen atoms in total. The third kappa shape index (κ3) is 12.5. The second-order valence-electron chi connectivity index (χ2n) is 11.0. The van der Waals surface area contributed by atoms with Gasteiger partial charge in [-0.3, -0.25) is 4.79 Å². The zero-order chi connectivity index (χ0) is 27.3. The van der Waals surface area contributed by atoms with Crippen LogP contribution in [0.25, 0.3) is 0 Å². The topological polar surface area (TPSA) is 104 Å². The Morgan fingerprint density at radius 3 is 2.42 bits per heavy atom. The number of ether oxygens (including phenoxy) is 1. The fourth-order valence-electron chi connectivity index (χ4n) is 5.10. The van der Waals surface area contributed by atoms with Crippen LogP contribution in [0.15, 0.2) is 36.0 Å². The van der Waals surface area contributed by atoms with Crippen molar-refractivity contribution < 1.29 is 29.6 Å². The maximum absolute atomic E-state index is 12.5. The molecule has 0 aromatic heterocycles. The number of hydrogen-bond donors (Lipinski definition) is 3. The number of aliphatic hydroxyl groups excluding tert-OH is 3. The van der Waals surface area contributed by atoms with E-state index in [0.29, 0.717) is 38.5 Å². The highest BCUT2D eigenvalue weighted by atomic mass is 16.5. The molecular formula is C30H50O6. The lowest BCUT2D eigenvalue weighted by Gasteiger charge is -2.30. The van der Waals surface area contributed by atoms with Crippen molar-refractivity contribution in [3.63, 3.8) is 0 Å². The van der Waals surface area contributed by atoms with Crippen molar-refractivity contribution in [1.82, 2.24) is 0 Å². The maximum atomic E-state index is 12.5. The van der Waals surface area contributed by atoms with E-state index in [-0.39, 0.29) is 42.0 Å². The Bertz CT molecular complexity index is 755. The summed E-state index contributed by atoms with van der Waals surface area (Å²) in [6.07, 6.45) is 10.5. The van der Waals surface area contributed by atoms with Gasteiger partial charge in [0, 0.05) is 24.8 Å². The molecule has 36 heavy (non-hydrogen) atoms. The minimum Gasteiger partial charge on any atom is -0.459 e. The summed E-state index contributed by atoms with van der Waals surface area (Å²) >= 11 is 0. The Balaban J connectivity index is 3.07. The average Bonchev–Trinajstić information content (AvgIpc) is 2.80. The van der Waals surface area contributed by atoms with Gasteiger partial charge in [0.15, 0.2) is 0 Å². The second-order valence-corrected chi connectivity index (χ2v) is 11.0. The van der Waals surface area contributed by atoms with Gasteiger partial charge in [-0.05, 0) is 63.2 Å². The number of rotatable bonds is 5. The Morgan fingerprint density at radius 1 is 1.06 bits per heavy atom. The van der Waals surface area contributed by atoms with E-state index >= 15 is 0 Å². The van der Waals surface area contributed by atoms with Crippen LogP contribution in [0.5, 0.6) is 0 Å². The summed E-state index contributed by atoms with van der Waals surface area (Å²) in [6.45, 7) is 12.0. The Hall–Kier alpha value is -1.76. The number of aliphatic hydroxyl groups is 3. The fraction of sp³-hybridized carbons (Fsp3) is 0.733. The van der Waals surface area contributed by atoms with Crippen LogP contribution in [0.2, 0.25) is 0 Å². The van der Waals surface area contributed by atoms with Gasteiger partial charge in [0.05, 0.1) is 18.3 Å². The minimum absolute atomic E-state index is 0.0342. The van der Waals surface area contributed by atoms with Gasteiger partial charge in [-0.2, -0.15) is 0 Å². The van der Waals surface area contributed by atoms with E-state index < -0.39 is 24.3 Å². The summed E-state index contributed by atoms with van der Waals surface area (Å²) in [4.78, 5) is 24.2. The van der Waals surface area contributed by atoms with E-state index in [1.54, 1.807) is 18.2 Å². The Morgan fingerprint density at radius 2 is 1.75 bits per heavy atom. The molecule has 0 bridgehead atoms. The van der Waals surface area contributed by atoms with Crippen LogP contribution in [0, 0.1) is 23.7 Å². The molecule has 3 N–H and O–H groups in total. The molecule has 0 aromatic rings. The smallest absolute Gasteiger partial charge is 0.331 e. The van der Waals surface area contributed by atoms with Crippen LogP contribution in [0.4, 0.5) is 0 Å². The number of Topliss-reactive ketones (excluding diaryl/α,β-unsaturated/α-hetero) is 1. The normalized spacial score (nSPS) is 37.2. The standard InChI is InChI=1S/C30H50O6/c1-7-25(31)13-11-14-28-22(4)17-20(2)16-21(3)18-23(5)30(35)24(6)27(33)19-26(32)12-9-8-10-15-29(34)36-28/h8-10,15-16,20,22-24,26-28,30,32-33,35H,7,11-14,17-19H2,1-6H3/b9-8+,15-10+,21-16+/t20-,22+,23+,24-,26+,27-,28-,30+/m1/s1. The second kappa shape index (κ2) is 16.9. The van der Waals surface area contributed by atoms with E-state index in [2.05, 4.69) is 26.8 Å². The molecule has 0 amide bonds. The zero-order valence-corrected chi connectivity index (χ0v) is 23.2. The summed E-state index contributed by atoms with van der Waals surface area (Å²) in [5.74, 6) is -0.215. The third-order valence-electron chi connectivity index (χ3n) is 7.33. The van der Waals surface area contributed by atoms with Crippen molar-refractivity contribution in [2.75, 3.05) is 0 Å². The van der Waals surface area contributed by atoms with Crippen molar-refractivity contribution in [2.24, 2.45) is 23.7 Å². The van der Waals surface area contributed by atoms with Crippen LogP contribution in [0.3, 0.4) is 0 Å². The minimum atomic E-state index is -0.810. The quantitative estimate of drug-likeness (QED) is 0.345. The summed E-state index contributed by atoms with van der Waals surface area (Å²) in [5, 5.41) is 31.7. The van der Waals surface area contributed by atoms with Crippen LogP contribution >= 0.6 is 0 Å². The largest absolute Gasteiger partial charge is 0.459 e. The highest BCUT2D eigenvalue weighted by molar-refractivity contribution is 5.82. The molecule has 0 saturated carbocycles. The molecule has 6 heteroatoms. The zero-order valence-electron chi connectivity index (χ0n) is 23.2. The molecule has 0 aliphatic carbocycles. The first-order valence-corrected chi connectivity index (χ1v) is 13.7. The van der Waals surface area contributed by atoms with Crippen molar-refractivity contribution >= 4 is 11.8 Å². The number of carbonyl (C=O) groups is 2. The molecule has 1 heterocycles. The molecule has 0 aromatic carbocycles. The van der Waals surface area contributed by atoms with Crippen molar-refractivity contribution in [3.05, 3.63) is 36.0 Å². The summed E-state index contributed by atoms with van der Waals surface area (Å²) < 4.78 is 5.81. The van der Waals surface area contributed by atoms with Crippen LogP contribution in [0.1, 0.15) is 92.9 Å². The first-order valence-electron chi connectivity index (χ1n) is 13.7. The van der Waals surface area contributed by atoms with Gasteiger partial charge in [0.2, 0.25) is 0 Å². The van der Waals surface area contributed by atoms with Gasteiger partial charge in [-0.25, -0.2) is 4.79 Å². The summed E-state index contributed by atoms with van der Waals surface area (Å²) in [5.41, 5.74) is 1.17. The monoisotopic (exact) mass is 506 g/mol. The third-order valence-corrected chi connectivity index (χ3v) is 7.33. The van der Waals surface area contributed by atoms with E-state index in [4.69, 9.17) is 4.74 Å². The molecule has 206 valence electrons. The van der Waals surface area contributed by atoms with Crippen molar-refractivity contribution in [1.29, 1.82) is 0 Å². The molecule has 0 radical (unpaired) electrons. The molecule has 0 unspecified atom stereocenters. The summed E-state index contributed by atoms with van der Waals surface area (Å²) in [7, 11) is 0. The van der Waals surface area contributed by atoms with Crippen LogP contribution in [-0.2, 0) is 14.3 Å². The fourth-order valence-corrected chi connectivity index (χ4v) is 5.10. The molecule has 1 aliphatic heterocycles. The number of carbonyl (C=O) groups excluding carboxylic acids is 2. The van der Waals surface area contributed by atoms with Crippen LogP contribution < -0.4 is 0 Å². The highest BCUT2D eigenvalue weighted by Gasteiger charge is 2.29. The molecule has 1 aliphatic rings. The SMILES string of the molecule is CCC(=O)CCC[C@H]1OC(=O)/C=C/C=C/C[C@H](O)C[C@@H](O)[C@@H](C)[C@@H](O)[C@@H](C)C/C(C)=C/[C@@H](C)C[C@@H]1C. The number of ketones is 1. The number of esters is 1. The van der Waals surface area contributed by atoms with Crippen molar-refractivity contribution in [2.45, 2.75) is 117 Å². The average molecular weight is 507 g/mol. The number of cyclic esters (lactones) is 1. The van der Waals surface area contributed by atoms with E-state index in [1.165, 1.54) is 11.6 Å². The highest BCUT2D eigenvalue weighted by Crippen LogP contribution is 2.27. The molecular weight excluding hydrogens is 456 g/mol. The van der Waals surface area contributed by atoms with Crippen LogP contribution in [-0.4, -0.2) is 51.5 Å². The Labute approximate surface area is 218 Å². The summed E-state index contributed by atoms with van der Waals surface area (Å²) in [6, 6.07) is 0. The lowest BCUT2D eigenvalue weighted by molar-refractivity contribution is -0.146. The predicted octanol–water partition coefficient (Wildman–Crippen LogP) is 5.31. The molecule has 0 fully saturated rings. The first-order chi connectivity index (χ1) is 16.9. The van der Waals surface area contributed by atoms with E-state index in [0.717, 1.165) is 6.42 Å². The molecule has 1 rings (SSSR count). The Kier molecular flexibility index (Phi) is 15.1. The first kappa shape index (κ1) is 32.3. The number of hydrogen-bond acceptors (Lipinski definition) is 6. The lowest BCUT2D eigenvalue weighted by atomic mass is 9.83. The number of allylic oxidation sites excluding steroid dienone is 4. The molecule has 8 atom stereocenters.